The SMILES string of the molecule is CCC(NCC#N)C1CCCCC1. The Morgan fingerprint density at radius 2 is 2.08 bits per heavy atom. The summed E-state index contributed by atoms with van der Waals surface area (Å²) in [6.45, 7) is 2.72. The van der Waals surface area contributed by atoms with E-state index in [2.05, 4.69) is 18.3 Å². The lowest BCUT2D eigenvalue weighted by atomic mass is 9.83. The molecule has 0 aromatic rings. The first-order chi connectivity index (χ1) is 6.38. The van der Waals surface area contributed by atoms with Crippen LogP contribution in [0, 0.1) is 17.2 Å². The molecule has 74 valence electrons. The average Bonchev–Trinajstić information content (AvgIpc) is 2.21. The van der Waals surface area contributed by atoms with Crippen molar-refractivity contribution in [1.82, 2.24) is 5.32 Å². The highest BCUT2D eigenvalue weighted by Crippen LogP contribution is 2.27. The fourth-order valence-electron chi connectivity index (χ4n) is 2.36. The van der Waals surface area contributed by atoms with Gasteiger partial charge in [-0.1, -0.05) is 26.2 Å². The van der Waals surface area contributed by atoms with Crippen molar-refractivity contribution in [2.75, 3.05) is 6.54 Å². The molecule has 0 aliphatic heterocycles. The first-order valence-corrected chi connectivity index (χ1v) is 5.48. The van der Waals surface area contributed by atoms with Crippen LogP contribution in [0.15, 0.2) is 0 Å². The molecule has 1 fully saturated rings. The summed E-state index contributed by atoms with van der Waals surface area (Å²) in [5.74, 6) is 0.826. The first-order valence-electron chi connectivity index (χ1n) is 5.48. The Balaban J connectivity index is 2.31. The molecular formula is C11H20N2. The predicted molar refractivity (Wildman–Crippen MR) is 54.3 cm³/mol. The lowest BCUT2D eigenvalue weighted by molar-refractivity contribution is 0.269. The second-order valence-electron chi connectivity index (χ2n) is 3.95. The Kier molecular flexibility index (Phi) is 4.85. The second-order valence-corrected chi connectivity index (χ2v) is 3.95. The van der Waals surface area contributed by atoms with Crippen LogP contribution in [0.1, 0.15) is 45.4 Å². The van der Waals surface area contributed by atoms with Crippen LogP contribution >= 0.6 is 0 Å². The highest BCUT2D eigenvalue weighted by atomic mass is 14.9. The molecule has 0 saturated heterocycles. The molecule has 1 atom stereocenters. The lowest BCUT2D eigenvalue weighted by Gasteiger charge is -2.29. The van der Waals surface area contributed by atoms with Gasteiger partial charge < -0.3 is 5.32 Å². The van der Waals surface area contributed by atoms with Gasteiger partial charge in [-0.2, -0.15) is 5.26 Å². The topological polar surface area (TPSA) is 35.8 Å². The summed E-state index contributed by atoms with van der Waals surface area (Å²) in [7, 11) is 0. The molecule has 0 amide bonds. The van der Waals surface area contributed by atoms with Crippen molar-refractivity contribution >= 4 is 0 Å². The first kappa shape index (κ1) is 10.5. The third-order valence-electron chi connectivity index (χ3n) is 3.10. The number of nitrogens with one attached hydrogen (secondary N) is 1. The van der Waals surface area contributed by atoms with Crippen molar-refractivity contribution in [2.45, 2.75) is 51.5 Å². The number of rotatable bonds is 4. The Morgan fingerprint density at radius 1 is 1.38 bits per heavy atom. The van der Waals surface area contributed by atoms with E-state index in [0.717, 1.165) is 12.3 Å². The van der Waals surface area contributed by atoms with E-state index in [4.69, 9.17) is 5.26 Å². The summed E-state index contributed by atoms with van der Waals surface area (Å²) in [6, 6.07) is 2.74. The molecule has 0 heterocycles. The van der Waals surface area contributed by atoms with Crippen LogP contribution in [-0.2, 0) is 0 Å². The molecule has 0 spiro atoms. The van der Waals surface area contributed by atoms with Crippen molar-refractivity contribution in [2.24, 2.45) is 5.92 Å². The third kappa shape index (κ3) is 3.36. The largest absolute Gasteiger partial charge is 0.301 e. The van der Waals surface area contributed by atoms with E-state index < -0.39 is 0 Å². The van der Waals surface area contributed by atoms with Crippen molar-refractivity contribution < 1.29 is 0 Å². The fraction of sp³-hybridized carbons (Fsp3) is 0.909. The Labute approximate surface area is 81.3 Å². The molecule has 1 rings (SSSR count). The highest BCUT2D eigenvalue weighted by molar-refractivity contribution is 4.82. The van der Waals surface area contributed by atoms with Crippen LogP contribution in [0.4, 0.5) is 0 Å². The quantitative estimate of drug-likeness (QED) is 0.675. The minimum absolute atomic E-state index is 0.509. The lowest BCUT2D eigenvalue weighted by Crippen LogP contribution is -2.36. The van der Waals surface area contributed by atoms with Gasteiger partial charge in [-0.15, -0.1) is 0 Å². The molecule has 1 aliphatic carbocycles. The van der Waals surface area contributed by atoms with E-state index in [1.807, 2.05) is 0 Å². The molecule has 0 aromatic carbocycles. The molecule has 13 heavy (non-hydrogen) atoms. The predicted octanol–water partition coefficient (Wildman–Crippen LogP) is 2.46. The van der Waals surface area contributed by atoms with Crippen LogP contribution in [-0.4, -0.2) is 12.6 Å². The van der Waals surface area contributed by atoms with Gasteiger partial charge >= 0.3 is 0 Å². The van der Waals surface area contributed by atoms with Gasteiger partial charge in [0.05, 0.1) is 12.6 Å². The van der Waals surface area contributed by atoms with Gasteiger partial charge in [0.15, 0.2) is 0 Å². The molecule has 2 nitrogen and oxygen atoms in total. The molecule has 0 bridgehead atoms. The van der Waals surface area contributed by atoms with Gasteiger partial charge in [-0.3, -0.25) is 0 Å². The van der Waals surface area contributed by atoms with E-state index in [9.17, 15) is 0 Å². The van der Waals surface area contributed by atoms with Crippen LogP contribution in [0.2, 0.25) is 0 Å². The normalized spacial score (nSPS) is 20.9. The number of hydrogen-bond donors (Lipinski definition) is 1. The minimum atomic E-state index is 0.509. The molecule has 0 radical (unpaired) electrons. The molecule has 2 heteroatoms. The summed E-state index contributed by atoms with van der Waals surface area (Å²) < 4.78 is 0. The molecule has 1 aliphatic rings. The molecule has 1 N–H and O–H groups in total. The zero-order valence-electron chi connectivity index (χ0n) is 8.55. The smallest absolute Gasteiger partial charge is 0.0843 e. The van der Waals surface area contributed by atoms with Gasteiger partial charge in [0.25, 0.3) is 0 Å². The summed E-state index contributed by atoms with van der Waals surface area (Å²) in [5.41, 5.74) is 0. The van der Waals surface area contributed by atoms with Crippen LogP contribution < -0.4 is 5.32 Å². The molecule has 1 unspecified atom stereocenters. The Hall–Kier alpha value is -0.550. The van der Waals surface area contributed by atoms with Crippen molar-refractivity contribution in [3.8, 4) is 6.07 Å². The third-order valence-corrected chi connectivity index (χ3v) is 3.10. The van der Waals surface area contributed by atoms with Crippen LogP contribution in [0.3, 0.4) is 0 Å². The Morgan fingerprint density at radius 3 is 2.62 bits per heavy atom. The highest BCUT2D eigenvalue weighted by Gasteiger charge is 2.21. The maximum absolute atomic E-state index is 8.50. The van der Waals surface area contributed by atoms with Crippen molar-refractivity contribution in [3.63, 3.8) is 0 Å². The molecule has 1 saturated carbocycles. The minimum Gasteiger partial charge on any atom is -0.301 e. The van der Waals surface area contributed by atoms with E-state index in [1.54, 1.807) is 0 Å². The number of nitrogens with zero attached hydrogens (tertiary/aromatic N) is 1. The standard InChI is InChI=1S/C11H20N2/c1-2-11(13-9-8-12)10-6-4-3-5-7-10/h10-11,13H,2-7,9H2,1H3. The van der Waals surface area contributed by atoms with E-state index >= 15 is 0 Å². The summed E-state index contributed by atoms with van der Waals surface area (Å²) >= 11 is 0. The summed E-state index contributed by atoms with van der Waals surface area (Å²) in [6.07, 6.45) is 8.05. The number of nitriles is 1. The van der Waals surface area contributed by atoms with E-state index in [1.165, 1.54) is 32.1 Å². The zero-order chi connectivity index (χ0) is 9.52. The molecule has 0 aromatic heterocycles. The average molecular weight is 180 g/mol. The zero-order valence-corrected chi connectivity index (χ0v) is 8.55. The van der Waals surface area contributed by atoms with Gasteiger partial charge in [0.1, 0.15) is 0 Å². The summed E-state index contributed by atoms with van der Waals surface area (Å²) in [4.78, 5) is 0. The van der Waals surface area contributed by atoms with E-state index in [0.29, 0.717) is 12.6 Å². The van der Waals surface area contributed by atoms with Crippen molar-refractivity contribution in [3.05, 3.63) is 0 Å². The second kappa shape index (κ2) is 5.99. The van der Waals surface area contributed by atoms with Gasteiger partial charge in [-0.25, -0.2) is 0 Å². The maximum Gasteiger partial charge on any atom is 0.0843 e. The van der Waals surface area contributed by atoms with Gasteiger partial charge in [0.2, 0.25) is 0 Å². The van der Waals surface area contributed by atoms with Gasteiger partial charge in [-0.05, 0) is 25.2 Å². The van der Waals surface area contributed by atoms with E-state index in [-0.39, 0.29) is 0 Å². The molecular weight excluding hydrogens is 160 g/mol. The van der Waals surface area contributed by atoms with Gasteiger partial charge in [0, 0.05) is 6.04 Å². The van der Waals surface area contributed by atoms with Crippen molar-refractivity contribution in [1.29, 1.82) is 5.26 Å². The maximum atomic E-state index is 8.50. The Bertz CT molecular complexity index is 165. The number of hydrogen-bond acceptors (Lipinski definition) is 2. The van der Waals surface area contributed by atoms with Crippen LogP contribution in [0.5, 0.6) is 0 Å². The monoisotopic (exact) mass is 180 g/mol. The summed E-state index contributed by atoms with van der Waals surface area (Å²) in [5, 5.41) is 11.8. The van der Waals surface area contributed by atoms with Crippen LogP contribution in [0.25, 0.3) is 0 Å². The fourth-order valence-corrected chi connectivity index (χ4v) is 2.36.